The minimum absolute atomic E-state index is 0.243. The van der Waals surface area contributed by atoms with Gasteiger partial charge in [-0.3, -0.25) is 9.78 Å². The monoisotopic (exact) mass is 216 g/mol. The number of likely N-dealkylation sites (N-methyl/N-ethyl adjacent to an activating group) is 1. The fourth-order valence-corrected chi connectivity index (χ4v) is 2.06. The summed E-state index contributed by atoms with van der Waals surface area (Å²) in [7, 11) is 1.86. The summed E-state index contributed by atoms with van der Waals surface area (Å²) in [5.74, 6) is 0.668. The first-order valence-electron chi connectivity index (χ1n) is 5.53. The molecule has 1 atom stereocenters. The third kappa shape index (κ3) is 2.13. The average molecular weight is 216 g/mol. The number of rotatable bonds is 2. The number of carbonyl (C=O) groups excluding carboxylic acids is 1. The second-order valence-electron chi connectivity index (χ2n) is 4.23. The van der Waals surface area contributed by atoms with Crippen molar-refractivity contribution in [3.63, 3.8) is 0 Å². The lowest BCUT2D eigenvalue weighted by Crippen LogP contribution is -2.35. The van der Waals surface area contributed by atoms with Gasteiger partial charge in [0.2, 0.25) is 5.91 Å². The first-order valence-corrected chi connectivity index (χ1v) is 5.53. The van der Waals surface area contributed by atoms with E-state index in [0.717, 1.165) is 18.7 Å². The molecule has 1 unspecified atom stereocenters. The van der Waals surface area contributed by atoms with Crippen LogP contribution < -0.4 is 0 Å². The summed E-state index contributed by atoms with van der Waals surface area (Å²) in [5, 5.41) is 0. The normalized spacial score (nSPS) is 20.9. The summed E-state index contributed by atoms with van der Waals surface area (Å²) in [6.07, 6.45) is 5.20. The van der Waals surface area contributed by atoms with Crippen LogP contribution in [-0.4, -0.2) is 29.4 Å². The molecule has 1 amide bonds. The average Bonchev–Trinajstić information content (AvgIpc) is 2.33. The zero-order chi connectivity index (χ0) is 11.5. The van der Waals surface area contributed by atoms with Crippen molar-refractivity contribution in [2.75, 3.05) is 13.6 Å². The Hall–Kier alpha value is -1.64. The van der Waals surface area contributed by atoms with Gasteiger partial charge in [-0.05, 0) is 24.1 Å². The molecule has 0 aromatic carbocycles. The van der Waals surface area contributed by atoms with E-state index in [1.165, 1.54) is 5.56 Å². The third-order valence-electron chi connectivity index (χ3n) is 3.12. The molecule has 3 nitrogen and oxygen atoms in total. The van der Waals surface area contributed by atoms with E-state index in [2.05, 4.69) is 17.6 Å². The molecule has 1 fully saturated rings. The lowest BCUT2D eigenvalue weighted by Gasteiger charge is -2.29. The number of amides is 1. The van der Waals surface area contributed by atoms with Crippen LogP contribution in [0.3, 0.4) is 0 Å². The molecule has 0 spiro atoms. The van der Waals surface area contributed by atoms with Crippen LogP contribution in [0.15, 0.2) is 24.9 Å². The second-order valence-corrected chi connectivity index (χ2v) is 4.23. The van der Waals surface area contributed by atoms with Crippen molar-refractivity contribution in [3.05, 3.63) is 36.2 Å². The van der Waals surface area contributed by atoms with E-state index in [9.17, 15) is 4.79 Å². The number of likely N-dealkylation sites (tertiary alicyclic amines) is 1. The molecule has 0 bridgehead atoms. The van der Waals surface area contributed by atoms with Crippen LogP contribution in [-0.2, 0) is 4.79 Å². The molecule has 16 heavy (non-hydrogen) atoms. The molecule has 84 valence electrons. The van der Waals surface area contributed by atoms with Gasteiger partial charge in [-0.25, -0.2) is 0 Å². The predicted octanol–water partition coefficient (Wildman–Crippen LogP) is 2.06. The van der Waals surface area contributed by atoms with E-state index < -0.39 is 0 Å². The van der Waals surface area contributed by atoms with Gasteiger partial charge < -0.3 is 4.90 Å². The summed E-state index contributed by atoms with van der Waals surface area (Å²) in [5.41, 5.74) is 2.11. The molecular formula is C13H16N2O. The zero-order valence-corrected chi connectivity index (χ0v) is 9.52. The molecule has 1 saturated heterocycles. The molecule has 0 saturated carbocycles. The van der Waals surface area contributed by atoms with Crippen LogP contribution in [0, 0.1) is 0 Å². The summed E-state index contributed by atoms with van der Waals surface area (Å²) in [4.78, 5) is 17.5. The highest BCUT2D eigenvalue weighted by atomic mass is 16.2. The van der Waals surface area contributed by atoms with E-state index in [1.54, 1.807) is 11.0 Å². The first-order chi connectivity index (χ1) is 7.70. The highest BCUT2D eigenvalue weighted by Crippen LogP contribution is 2.26. The standard InChI is InChI=1S/C13H16N2O/c1-3-12-6-4-10(8-14-12)11-5-7-13(16)15(2)9-11/h3-4,6,8,11H,1,5,7,9H2,2H3. The van der Waals surface area contributed by atoms with Crippen molar-refractivity contribution in [2.45, 2.75) is 18.8 Å². The molecular weight excluding hydrogens is 200 g/mol. The fraction of sp³-hybridized carbons (Fsp3) is 0.385. The molecule has 2 heterocycles. The van der Waals surface area contributed by atoms with E-state index in [4.69, 9.17) is 0 Å². The quantitative estimate of drug-likeness (QED) is 0.758. The summed E-state index contributed by atoms with van der Waals surface area (Å²) in [6, 6.07) is 4.05. The maximum atomic E-state index is 11.4. The molecule has 1 aromatic rings. The molecule has 3 heteroatoms. The minimum atomic E-state index is 0.243. The lowest BCUT2D eigenvalue weighted by atomic mass is 9.91. The Balaban J connectivity index is 2.12. The molecule has 0 radical (unpaired) electrons. The van der Waals surface area contributed by atoms with Gasteiger partial charge in [0.05, 0.1) is 5.69 Å². The molecule has 1 aromatic heterocycles. The van der Waals surface area contributed by atoms with Gasteiger partial charge in [-0.15, -0.1) is 0 Å². The number of hydrogen-bond donors (Lipinski definition) is 0. The van der Waals surface area contributed by atoms with Crippen molar-refractivity contribution in [1.29, 1.82) is 0 Å². The summed E-state index contributed by atoms with van der Waals surface area (Å²) in [6.45, 7) is 4.48. The topological polar surface area (TPSA) is 33.2 Å². The Kier molecular flexibility index (Phi) is 3.04. The number of piperidine rings is 1. The number of pyridine rings is 1. The Morgan fingerprint density at radius 2 is 2.38 bits per heavy atom. The Labute approximate surface area is 95.8 Å². The van der Waals surface area contributed by atoms with Gasteiger partial charge >= 0.3 is 0 Å². The maximum absolute atomic E-state index is 11.4. The fourth-order valence-electron chi connectivity index (χ4n) is 2.06. The van der Waals surface area contributed by atoms with E-state index in [1.807, 2.05) is 19.3 Å². The van der Waals surface area contributed by atoms with Crippen molar-refractivity contribution >= 4 is 12.0 Å². The molecule has 0 aliphatic carbocycles. The van der Waals surface area contributed by atoms with Crippen LogP contribution in [0.25, 0.3) is 6.08 Å². The van der Waals surface area contributed by atoms with Crippen LogP contribution in [0.1, 0.15) is 30.0 Å². The van der Waals surface area contributed by atoms with Gasteiger partial charge in [0.15, 0.2) is 0 Å². The van der Waals surface area contributed by atoms with Gasteiger partial charge in [0.25, 0.3) is 0 Å². The molecule has 1 aliphatic rings. The van der Waals surface area contributed by atoms with Crippen LogP contribution in [0.2, 0.25) is 0 Å². The van der Waals surface area contributed by atoms with Crippen LogP contribution in [0.5, 0.6) is 0 Å². The number of carbonyl (C=O) groups is 1. The molecule has 0 N–H and O–H groups in total. The minimum Gasteiger partial charge on any atom is -0.345 e. The van der Waals surface area contributed by atoms with Crippen molar-refractivity contribution in [3.8, 4) is 0 Å². The van der Waals surface area contributed by atoms with Gasteiger partial charge in [-0.2, -0.15) is 0 Å². The Bertz CT molecular complexity index is 397. The van der Waals surface area contributed by atoms with Crippen molar-refractivity contribution < 1.29 is 4.79 Å². The molecule has 1 aliphatic heterocycles. The van der Waals surface area contributed by atoms with E-state index in [0.29, 0.717) is 12.3 Å². The smallest absolute Gasteiger partial charge is 0.222 e. The van der Waals surface area contributed by atoms with Crippen LogP contribution >= 0.6 is 0 Å². The predicted molar refractivity (Wildman–Crippen MR) is 63.9 cm³/mol. The number of hydrogen-bond acceptors (Lipinski definition) is 2. The molecule has 2 rings (SSSR count). The summed E-state index contributed by atoms with van der Waals surface area (Å²) >= 11 is 0. The zero-order valence-electron chi connectivity index (χ0n) is 9.52. The third-order valence-corrected chi connectivity index (χ3v) is 3.12. The van der Waals surface area contributed by atoms with Crippen LogP contribution in [0.4, 0.5) is 0 Å². The largest absolute Gasteiger partial charge is 0.345 e. The first kappa shape index (κ1) is 10.9. The lowest BCUT2D eigenvalue weighted by molar-refractivity contribution is -0.132. The van der Waals surface area contributed by atoms with Crippen molar-refractivity contribution in [2.24, 2.45) is 0 Å². The van der Waals surface area contributed by atoms with E-state index >= 15 is 0 Å². The SMILES string of the molecule is C=Cc1ccc(C2CCC(=O)N(C)C2)cn1. The maximum Gasteiger partial charge on any atom is 0.222 e. The number of aromatic nitrogens is 1. The summed E-state index contributed by atoms with van der Waals surface area (Å²) < 4.78 is 0. The van der Waals surface area contributed by atoms with Crippen molar-refractivity contribution in [1.82, 2.24) is 9.88 Å². The van der Waals surface area contributed by atoms with Gasteiger partial charge in [0.1, 0.15) is 0 Å². The van der Waals surface area contributed by atoms with Gasteiger partial charge in [-0.1, -0.05) is 12.6 Å². The Morgan fingerprint density at radius 3 is 2.94 bits per heavy atom. The Morgan fingerprint density at radius 1 is 1.56 bits per heavy atom. The number of nitrogens with zero attached hydrogens (tertiary/aromatic N) is 2. The van der Waals surface area contributed by atoms with Gasteiger partial charge in [0, 0.05) is 32.1 Å². The highest BCUT2D eigenvalue weighted by molar-refractivity contribution is 5.76. The second kappa shape index (κ2) is 4.47. The van der Waals surface area contributed by atoms with E-state index in [-0.39, 0.29) is 5.91 Å². The highest BCUT2D eigenvalue weighted by Gasteiger charge is 2.23.